The van der Waals surface area contributed by atoms with Gasteiger partial charge in [-0.1, -0.05) is 17.3 Å². The Morgan fingerprint density at radius 2 is 2.28 bits per heavy atom. The van der Waals surface area contributed by atoms with Crippen LogP contribution in [-0.4, -0.2) is 27.2 Å². The van der Waals surface area contributed by atoms with Crippen molar-refractivity contribution in [3.8, 4) is 5.69 Å². The summed E-state index contributed by atoms with van der Waals surface area (Å²) in [6.45, 7) is 1.23. The monoisotopic (exact) mass is 248 g/mol. The first-order chi connectivity index (χ1) is 8.66. The van der Waals surface area contributed by atoms with Gasteiger partial charge in [0.1, 0.15) is 11.4 Å². The Hall–Kier alpha value is -2.57. The van der Waals surface area contributed by atoms with Gasteiger partial charge in [-0.2, -0.15) is 5.10 Å². The van der Waals surface area contributed by atoms with Gasteiger partial charge in [-0.3, -0.25) is 0 Å². The highest BCUT2D eigenvalue weighted by atomic mass is 19.1. The molecule has 0 saturated heterocycles. The van der Waals surface area contributed by atoms with Crippen LogP contribution >= 0.6 is 0 Å². The number of aromatic nitrogens is 3. The first kappa shape index (κ1) is 11.9. The summed E-state index contributed by atoms with van der Waals surface area (Å²) in [4.78, 5) is 16.0. The number of para-hydroxylation sites is 1. The number of benzene rings is 1. The van der Waals surface area contributed by atoms with E-state index >= 15 is 0 Å². The molecule has 92 valence electrons. The first-order valence-corrected chi connectivity index (χ1v) is 5.05. The van der Waals surface area contributed by atoms with Gasteiger partial charge in [0.25, 0.3) is 0 Å². The largest absolute Gasteiger partial charge is 0.331 e. The van der Waals surface area contributed by atoms with Crippen LogP contribution in [0.1, 0.15) is 12.6 Å². The van der Waals surface area contributed by atoms with Crippen molar-refractivity contribution in [1.82, 2.24) is 15.0 Å². The fourth-order valence-electron chi connectivity index (χ4n) is 1.22. The summed E-state index contributed by atoms with van der Waals surface area (Å²) in [6, 6.07) is 6.10. The summed E-state index contributed by atoms with van der Waals surface area (Å²) in [6.07, 6.45) is 2.59. The highest BCUT2D eigenvalue weighted by molar-refractivity contribution is 5.76. The molecule has 0 amide bonds. The van der Waals surface area contributed by atoms with E-state index in [0.717, 1.165) is 4.80 Å². The molecule has 6 nitrogen and oxygen atoms in total. The highest BCUT2D eigenvalue weighted by Gasteiger charge is 2.06. The minimum Gasteiger partial charge on any atom is -0.319 e. The minimum absolute atomic E-state index is 0.227. The maximum absolute atomic E-state index is 13.4. The van der Waals surface area contributed by atoms with Crippen LogP contribution in [0.3, 0.4) is 0 Å². The van der Waals surface area contributed by atoms with Crippen LogP contribution in [0.4, 0.5) is 4.39 Å². The lowest BCUT2D eigenvalue weighted by Gasteiger charge is -1.99. The predicted octanol–water partition coefficient (Wildman–Crippen LogP) is 1.30. The third kappa shape index (κ3) is 2.76. The van der Waals surface area contributed by atoms with E-state index in [2.05, 4.69) is 20.2 Å². The van der Waals surface area contributed by atoms with Crippen LogP contribution in [0.2, 0.25) is 0 Å². The van der Waals surface area contributed by atoms with Gasteiger partial charge in [0, 0.05) is 6.92 Å². The van der Waals surface area contributed by atoms with E-state index in [9.17, 15) is 9.18 Å². The van der Waals surface area contributed by atoms with Crippen molar-refractivity contribution in [1.29, 1.82) is 0 Å². The molecule has 2 rings (SSSR count). The van der Waals surface area contributed by atoms with Gasteiger partial charge in [0.05, 0.1) is 12.4 Å². The number of hydrogen-bond acceptors (Lipinski definition) is 5. The van der Waals surface area contributed by atoms with Gasteiger partial charge in [-0.25, -0.2) is 9.18 Å². The van der Waals surface area contributed by atoms with Crippen LogP contribution < -0.4 is 0 Å². The number of carbonyl (C=O) groups is 1. The summed E-state index contributed by atoms with van der Waals surface area (Å²) in [5.74, 6) is -0.968. The fraction of sp³-hybridized carbons (Fsp3) is 0.0909. The van der Waals surface area contributed by atoms with Gasteiger partial charge in [0.2, 0.25) is 0 Å². The number of rotatable bonds is 3. The van der Waals surface area contributed by atoms with E-state index in [4.69, 9.17) is 0 Å². The quantitative estimate of drug-likeness (QED) is 0.466. The molecule has 0 saturated carbocycles. The number of halogens is 1. The molecule has 0 radical (unpaired) electrons. The van der Waals surface area contributed by atoms with Crippen LogP contribution in [0.5, 0.6) is 0 Å². The normalized spacial score (nSPS) is 10.8. The third-order valence-corrected chi connectivity index (χ3v) is 1.94. The SMILES string of the molecule is CC(=O)O/N=C/c1cnn(-c2ccccc2F)n1. The molecular weight excluding hydrogens is 239 g/mol. The van der Waals surface area contributed by atoms with Gasteiger partial charge >= 0.3 is 5.97 Å². The van der Waals surface area contributed by atoms with Crippen molar-refractivity contribution in [2.45, 2.75) is 6.92 Å². The van der Waals surface area contributed by atoms with Crippen molar-refractivity contribution in [2.75, 3.05) is 0 Å². The van der Waals surface area contributed by atoms with Crippen molar-refractivity contribution in [2.24, 2.45) is 5.16 Å². The summed E-state index contributed by atoms with van der Waals surface area (Å²) in [5, 5.41) is 11.2. The Morgan fingerprint density at radius 3 is 3.00 bits per heavy atom. The molecule has 0 N–H and O–H groups in total. The molecule has 1 heterocycles. The fourth-order valence-corrected chi connectivity index (χ4v) is 1.22. The molecule has 18 heavy (non-hydrogen) atoms. The molecule has 0 unspecified atom stereocenters. The Morgan fingerprint density at radius 1 is 1.50 bits per heavy atom. The van der Waals surface area contributed by atoms with E-state index in [1.807, 2.05) is 0 Å². The lowest BCUT2D eigenvalue weighted by molar-refractivity contribution is -0.140. The van der Waals surface area contributed by atoms with Crippen LogP contribution in [0, 0.1) is 5.82 Å². The smallest absolute Gasteiger partial charge is 0.319 e. The standard InChI is InChI=1S/C11H9FN4O2/c1-8(17)18-14-7-9-6-13-16(15-9)11-5-3-2-4-10(11)12/h2-7H,1H3/b14-7+. The van der Waals surface area contributed by atoms with E-state index in [1.165, 1.54) is 25.4 Å². The maximum Gasteiger partial charge on any atom is 0.331 e. The third-order valence-electron chi connectivity index (χ3n) is 1.94. The highest BCUT2D eigenvalue weighted by Crippen LogP contribution is 2.09. The number of hydrogen-bond donors (Lipinski definition) is 0. The zero-order chi connectivity index (χ0) is 13.0. The number of carbonyl (C=O) groups excluding carboxylic acids is 1. The second kappa shape index (κ2) is 5.17. The lowest BCUT2D eigenvalue weighted by Crippen LogP contribution is -2.02. The average Bonchev–Trinajstić information content (AvgIpc) is 2.78. The molecule has 7 heteroatoms. The van der Waals surface area contributed by atoms with Gasteiger partial charge in [0.15, 0.2) is 5.82 Å². The maximum atomic E-state index is 13.4. The molecule has 0 spiro atoms. The first-order valence-electron chi connectivity index (χ1n) is 5.05. The summed E-state index contributed by atoms with van der Waals surface area (Å²) in [5.41, 5.74) is 0.573. The predicted molar refractivity (Wildman–Crippen MR) is 60.7 cm³/mol. The molecule has 1 aromatic heterocycles. The Balaban J connectivity index is 2.18. The Bertz CT molecular complexity index is 594. The zero-order valence-corrected chi connectivity index (χ0v) is 9.45. The molecule has 0 bridgehead atoms. The molecule has 0 fully saturated rings. The molecule has 0 aliphatic rings. The summed E-state index contributed by atoms with van der Waals surface area (Å²) in [7, 11) is 0. The topological polar surface area (TPSA) is 69.4 Å². The van der Waals surface area contributed by atoms with Crippen LogP contribution in [0.15, 0.2) is 35.6 Å². The summed E-state index contributed by atoms with van der Waals surface area (Å²) < 4.78 is 13.4. The zero-order valence-electron chi connectivity index (χ0n) is 9.45. The Kier molecular flexibility index (Phi) is 3.42. The van der Waals surface area contributed by atoms with E-state index in [-0.39, 0.29) is 5.69 Å². The van der Waals surface area contributed by atoms with Crippen molar-refractivity contribution < 1.29 is 14.0 Å². The number of oxime groups is 1. The summed E-state index contributed by atoms with van der Waals surface area (Å²) >= 11 is 0. The van der Waals surface area contributed by atoms with Gasteiger partial charge < -0.3 is 4.84 Å². The minimum atomic E-state index is -0.534. The van der Waals surface area contributed by atoms with Gasteiger partial charge in [-0.15, -0.1) is 9.90 Å². The average molecular weight is 248 g/mol. The number of nitrogens with zero attached hydrogens (tertiary/aromatic N) is 4. The Labute approximate surface area is 102 Å². The second-order valence-corrected chi connectivity index (χ2v) is 3.33. The van der Waals surface area contributed by atoms with E-state index in [1.54, 1.807) is 18.2 Å². The molecule has 0 aliphatic carbocycles. The molecular formula is C11H9FN4O2. The molecule has 0 atom stereocenters. The van der Waals surface area contributed by atoms with Crippen molar-refractivity contribution >= 4 is 12.2 Å². The second-order valence-electron chi connectivity index (χ2n) is 3.33. The lowest BCUT2D eigenvalue weighted by atomic mass is 10.3. The van der Waals surface area contributed by atoms with Gasteiger partial charge in [-0.05, 0) is 12.1 Å². The van der Waals surface area contributed by atoms with Crippen molar-refractivity contribution in [3.63, 3.8) is 0 Å². The van der Waals surface area contributed by atoms with E-state index in [0.29, 0.717) is 5.69 Å². The van der Waals surface area contributed by atoms with Crippen LogP contribution in [0.25, 0.3) is 5.69 Å². The molecule has 2 aromatic rings. The molecule has 1 aromatic carbocycles. The van der Waals surface area contributed by atoms with Crippen LogP contribution in [-0.2, 0) is 9.63 Å². The van der Waals surface area contributed by atoms with Crippen molar-refractivity contribution in [3.05, 3.63) is 42.0 Å². The van der Waals surface area contributed by atoms with E-state index < -0.39 is 11.8 Å². The molecule has 0 aliphatic heterocycles.